The van der Waals surface area contributed by atoms with Crippen LogP contribution in [0, 0.1) is 0 Å². The Kier molecular flexibility index (Phi) is 5.84. The van der Waals surface area contributed by atoms with Crippen molar-refractivity contribution in [3.8, 4) is 0 Å². The molecular formula is C12H18N2O5. The predicted molar refractivity (Wildman–Crippen MR) is 66.7 cm³/mol. The van der Waals surface area contributed by atoms with E-state index in [4.69, 9.17) is 10.2 Å². The number of carboxylic acid groups (broad SMARTS) is 2. The fraction of sp³-hybridized carbons (Fsp3) is 0.583. The molecule has 1 atom stereocenters. The first-order valence-corrected chi connectivity index (χ1v) is 6.15. The summed E-state index contributed by atoms with van der Waals surface area (Å²) in [6, 6.07) is -1.58. The van der Waals surface area contributed by atoms with E-state index in [0.717, 1.165) is 12.8 Å². The average Bonchev–Trinajstić information content (AvgIpc) is 2.79. The number of nitrogens with one attached hydrogen (secondary N) is 2. The predicted octanol–water partition coefficient (Wildman–Crippen LogP) is 0.712. The lowest BCUT2D eigenvalue weighted by molar-refractivity contribution is -0.140. The monoisotopic (exact) mass is 270 g/mol. The molecule has 0 aromatic carbocycles. The largest absolute Gasteiger partial charge is 0.481 e. The van der Waals surface area contributed by atoms with Crippen LogP contribution in [0.2, 0.25) is 0 Å². The fourth-order valence-electron chi connectivity index (χ4n) is 1.84. The molecule has 0 fully saturated rings. The molecule has 2 amide bonds. The van der Waals surface area contributed by atoms with Gasteiger partial charge < -0.3 is 20.8 Å². The summed E-state index contributed by atoms with van der Waals surface area (Å²) in [6.45, 7) is 0. The molecule has 106 valence electrons. The summed E-state index contributed by atoms with van der Waals surface area (Å²) < 4.78 is 0. The lowest BCUT2D eigenvalue weighted by Crippen LogP contribution is -2.48. The lowest BCUT2D eigenvalue weighted by Gasteiger charge is -2.17. The van der Waals surface area contributed by atoms with Gasteiger partial charge in [-0.05, 0) is 25.7 Å². The van der Waals surface area contributed by atoms with Gasteiger partial charge in [0.2, 0.25) is 0 Å². The van der Waals surface area contributed by atoms with Crippen molar-refractivity contribution in [2.24, 2.45) is 0 Å². The number of carbonyl (C=O) groups is 3. The molecule has 0 radical (unpaired) electrons. The molecular weight excluding hydrogens is 252 g/mol. The van der Waals surface area contributed by atoms with Gasteiger partial charge >= 0.3 is 18.0 Å². The summed E-state index contributed by atoms with van der Waals surface area (Å²) in [4.78, 5) is 32.9. The Morgan fingerprint density at radius 1 is 1.21 bits per heavy atom. The third-order valence-corrected chi connectivity index (χ3v) is 2.83. The molecule has 4 N–H and O–H groups in total. The first kappa shape index (κ1) is 15.0. The van der Waals surface area contributed by atoms with E-state index in [9.17, 15) is 14.4 Å². The Labute approximate surface area is 110 Å². The van der Waals surface area contributed by atoms with Gasteiger partial charge in [-0.25, -0.2) is 9.59 Å². The van der Waals surface area contributed by atoms with Crippen LogP contribution in [0.4, 0.5) is 4.79 Å². The van der Waals surface area contributed by atoms with Crippen LogP contribution >= 0.6 is 0 Å². The van der Waals surface area contributed by atoms with E-state index < -0.39 is 24.0 Å². The van der Waals surface area contributed by atoms with E-state index in [1.165, 1.54) is 0 Å². The lowest BCUT2D eigenvalue weighted by atomic mass is 10.1. The molecule has 1 aliphatic rings. The van der Waals surface area contributed by atoms with Crippen molar-refractivity contribution < 1.29 is 24.6 Å². The van der Waals surface area contributed by atoms with Crippen molar-refractivity contribution in [1.29, 1.82) is 0 Å². The molecule has 0 unspecified atom stereocenters. The highest BCUT2D eigenvalue weighted by Gasteiger charge is 2.21. The van der Waals surface area contributed by atoms with E-state index in [2.05, 4.69) is 10.6 Å². The minimum atomic E-state index is -1.16. The normalized spacial score (nSPS) is 16.0. The van der Waals surface area contributed by atoms with Gasteiger partial charge in [0.15, 0.2) is 0 Å². The average molecular weight is 270 g/mol. The Morgan fingerprint density at radius 3 is 2.37 bits per heavy atom. The topological polar surface area (TPSA) is 116 Å². The zero-order valence-electron chi connectivity index (χ0n) is 10.5. The van der Waals surface area contributed by atoms with Gasteiger partial charge in [-0.2, -0.15) is 0 Å². The highest BCUT2D eigenvalue weighted by molar-refractivity contribution is 5.82. The van der Waals surface area contributed by atoms with E-state index in [0.29, 0.717) is 0 Å². The SMILES string of the molecule is O=C(O)CCC[C@@H](NC(=O)NC1CC=CC1)C(=O)O. The van der Waals surface area contributed by atoms with Crippen LogP contribution in [0.15, 0.2) is 12.2 Å². The maximum absolute atomic E-state index is 11.6. The maximum atomic E-state index is 11.6. The molecule has 7 nitrogen and oxygen atoms in total. The second-order valence-electron chi connectivity index (χ2n) is 4.43. The molecule has 0 aromatic heterocycles. The van der Waals surface area contributed by atoms with Crippen molar-refractivity contribution in [1.82, 2.24) is 10.6 Å². The second kappa shape index (κ2) is 7.40. The third kappa shape index (κ3) is 5.89. The van der Waals surface area contributed by atoms with Crippen LogP contribution in [0.5, 0.6) is 0 Å². The number of hydrogen-bond acceptors (Lipinski definition) is 3. The highest BCUT2D eigenvalue weighted by Crippen LogP contribution is 2.09. The van der Waals surface area contributed by atoms with Gasteiger partial charge in [0.1, 0.15) is 6.04 Å². The molecule has 19 heavy (non-hydrogen) atoms. The molecule has 1 aliphatic carbocycles. The van der Waals surface area contributed by atoms with Gasteiger partial charge in [0.25, 0.3) is 0 Å². The summed E-state index contributed by atoms with van der Waals surface area (Å²) in [5, 5.41) is 22.4. The Morgan fingerprint density at radius 2 is 1.84 bits per heavy atom. The van der Waals surface area contributed by atoms with Crippen molar-refractivity contribution in [2.45, 2.75) is 44.2 Å². The summed E-state index contributed by atoms with van der Waals surface area (Å²) in [7, 11) is 0. The van der Waals surface area contributed by atoms with Gasteiger partial charge in [-0.3, -0.25) is 4.79 Å². The van der Waals surface area contributed by atoms with Crippen LogP contribution in [-0.2, 0) is 9.59 Å². The zero-order valence-corrected chi connectivity index (χ0v) is 10.5. The molecule has 0 aromatic rings. The molecule has 0 saturated heterocycles. The number of hydrogen-bond donors (Lipinski definition) is 4. The van der Waals surface area contributed by atoms with Crippen molar-refractivity contribution in [3.63, 3.8) is 0 Å². The molecule has 1 rings (SSSR count). The minimum Gasteiger partial charge on any atom is -0.481 e. The maximum Gasteiger partial charge on any atom is 0.326 e. The smallest absolute Gasteiger partial charge is 0.326 e. The number of rotatable bonds is 7. The van der Waals surface area contributed by atoms with E-state index >= 15 is 0 Å². The second-order valence-corrected chi connectivity index (χ2v) is 4.43. The quantitative estimate of drug-likeness (QED) is 0.508. The summed E-state index contributed by atoms with van der Waals surface area (Å²) >= 11 is 0. The van der Waals surface area contributed by atoms with E-state index in [-0.39, 0.29) is 25.3 Å². The zero-order chi connectivity index (χ0) is 14.3. The van der Waals surface area contributed by atoms with Crippen LogP contribution < -0.4 is 10.6 Å². The Hall–Kier alpha value is -2.05. The van der Waals surface area contributed by atoms with Crippen LogP contribution in [0.1, 0.15) is 32.1 Å². The van der Waals surface area contributed by atoms with Crippen LogP contribution in [-0.4, -0.2) is 40.3 Å². The van der Waals surface area contributed by atoms with Gasteiger partial charge in [0.05, 0.1) is 0 Å². The first-order chi connectivity index (χ1) is 8.99. The standard InChI is InChI=1S/C12H18N2O5/c15-10(16)7-3-6-9(11(17)18)14-12(19)13-8-4-1-2-5-8/h1-2,8-9H,3-7H2,(H,15,16)(H,17,18)(H2,13,14,19)/t9-/m1/s1. The number of carboxylic acids is 2. The van der Waals surface area contributed by atoms with Crippen molar-refractivity contribution in [3.05, 3.63) is 12.2 Å². The molecule has 0 bridgehead atoms. The number of urea groups is 1. The van der Waals surface area contributed by atoms with Gasteiger partial charge in [-0.1, -0.05) is 12.2 Å². The first-order valence-electron chi connectivity index (χ1n) is 6.15. The third-order valence-electron chi connectivity index (χ3n) is 2.83. The Bertz CT molecular complexity index is 372. The Balaban J connectivity index is 2.32. The van der Waals surface area contributed by atoms with Crippen LogP contribution in [0.3, 0.4) is 0 Å². The fourth-order valence-corrected chi connectivity index (χ4v) is 1.84. The van der Waals surface area contributed by atoms with E-state index in [1.54, 1.807) is 0 Å². The number of amides is 2. The minimum absolute atomic E-state index is 0.00784. The molecule has 0 heterocycles. The summed E-state index contributed by atoms with van der Waals surface area (Å²) in [5.41, 5.74) is 0. The number of aliphatic carboxylic acids is 2. The molecule has 0 spiro atoms. The van der Waals surface area contributed by atoms with Crippen molar-refractivity contribution in [2.75, 3.05) is 0 Å². The summed E-state index contributed by atoms with van der Waals surface area (Å²) in [5.74, 6) is -2.14. The van der Waals surface area contributed by atoms with E-state index in [1.807, 2.05) is 12.2 Å². The summed E-state index contributed by atoms with van der Waals surface area (Å²) in [6.07, 6.45) is 5.57. The van der Waals surface area contributed by atoms with Gasteiger partial charge in [0, 0.05) is 12.5 Å². The molecule has 0 saturated carbocycles. The molecule has 0 aliphatic heterocycles. The van der Waals surface area contributed by atoms with Crippen molar-refractivity contribution >= 4 is 18.0 Å². The highest BCUT2D eigenvalue weighted by atomic mass is 16.4. The number of carbonyl (C=O) groups excluding carboxylic acids is 1. The molecule has 7 heteroatoms. The van der Waals surface area contributed by atoms with Crippen LogP contribution in [0.25, 0.3) is 0 Å². The van der Waals surface area contributed by atoms with Gasteiger partial charge in [-0.15, -0.1) is 0 Å².